The van der Waals surface area contributed by atoms with Gasteiger partial charge in [0.2, 0.25) is 5.91 Å². The summed E-state index contributed by atoms with van der Waals surface area (Å²) in [5.74, 6) is 0.624. The first-order valence-corrected chi connectivity index (χ1v) is 9.89. The van der Waals surface area contributed by atoms with E-state index in [9.17, 15) is 9.59 Å². The number of aromatic nitrogens is 3. The lowest BCUT2D eigenvalue weighted by Gasteiger charge is -2.20. The summed E-state index contributed by atoms with van der Waals surface area (Å²) in [4.78, 5) is 34.6. The molecule has 0 unspecified atom stereocenters. The van der Waals surface area contributed by atoms with E-state index in [1.807, 2.05) is 48.1 Å². The Bertz CT molecular complexity index is 935. The minimum Gasteiger partial charge on any atom is -0.347 e. The lowest BCUT2D eigenvalue weighted by Crippen LogP contribution is -2.31. The Labute approximate surface area is 168 Å². The third kappa shape index (κ3) is 5.26. The van der Waals surface area contributed by atoms with Crippen molar-refractivity contribution in [2.75, 3.05) is 6.54 Å². The molecule has 0 fully saturated rings. The quantitative estimate of drug-likeness (QED) is 0.633. The molecule has 0 radical (unpaired) electrons. The van der Waals surface area contributed by atoms with Crippen molar-refractivity contribution in [2.24, 2.45) is 7.05 Å². The molecule has 2 heterocycles. The molecule has 3 rings (SSSR count). The highest BCUT2D eigenvalue weighted by Crippen LogP contribution is 2.12. The molecule has 0 aliphatic heterocycles. The molecule has 3 aromatic rings. The number of hydrogen-bond donors (Lipinski definition) is 1. The van der Waals surface area contributed by atoms with Crippen LogP contribution in [-0.2, 0) is 31.4 Å². The highest BCUT2D eigenvalue weighted by atomic mass is 32.1. The minimum absolute atomic E-state index is 0.0135. The normalized spacial score (nSPS) is 10.6. The van der Waals surface area contributed by atoms with E-state index in [-0.39, 0.29) is 11.8 Å². The number of imidazole rings is 1. The zero-order chi connectivity index (χ0) is 19.9. The number of nitrogens with one attached hydrogen (secondary N) is 1. The molecule has 0 atom stereocenters. The standard InChI is InChI=1S/C20H23N5O2S/c1-15(26)25(13-18-21-9-11-24(18)2)10-8-19-23-17(14-28-19)20(27)22-12-16-6-4-3-5-7-16/h3-7,9,11,14H,8,10,12-13H2,1-2H3,(H,22,27). The van der Waals surface area contributed by atoms with E-state index in [4.69, 9.17) is 0 Å². The molecule has 1 N–H and O–H groups in total. The first-order valence-electron chi connectivity index (χ1n) is 9.01. The van der Waals surface area contributed by atoms with Gasteiger partial charge in [-0.15, -0.1) is 11.3 Å². The van der Waals surface area contributed by atoms with E-state index in [0.29, 0.717) is 31.7 Å². The van der Waals surface area contributed by atoms with Crippen LogP contribution >= 0.6 is 11.3 Å². The Morgan fingerprint density at radius 1 is 1.25 bits per heavy atom. The highest BCUT2D eigenvalue weighted by molar-refractivity contribution is 7.09. The molecule has 1 aromatic carbocycles. The zero-order valence-electron chi connectivity index (χ0n) is 16.0. The van der Waals surface area contributed by atoms with Gasteiger partial charge in [-0.1, -0.05) is 30.3 Å². The molecule has 7 nitrogen and oxygen atoms in total. The van der Waals surface area contributed by atoms with Crippen molar-refractivity contribution in [1.29, 1.82) is 0 Å². The molecule has 0 saturated heterocycles. The maximum atomic E-state index is 12.3. The largest absolute Gasteiger partial charge is 0.347 e. The number of benzene rings is 1. The summed E-state index contributed by atoms with van der Waals surface area (Å²) in [5, 5.41) is 5.46. The molecule has 0 aliphatic carbocycles. The van der Waals surface area contributed by atoms with Gasteiger partial charge in [0.05, 0.1) is 11.6 Å². The van der Waals surface area contributed by atoms with Crippen LogP contribution in [0.3, 0.4) is 0 Å². The van der Waals surface area contributed by atoms with Crippen LogP contribution in [0.25, 0.3) is 0 Å². The Balaban J connectivity index is 1.53. The second-order valence-corrected chi connectivity index (χ2v) is 7.38. The number of carbonyl (C=O) groups excluding carboxylic acids is 2. The second-order valence-electron chi connectivity index (χ2n) is 6.44. The molecular formula is C20H23N5O2S. The van der Waals surface area contributed by atoms with E-state index in [2.05, 4.69) is 15.3 Å². The van der Waals surface area contributed by atoms with Crippen molar-refractivity contribution < 1.29 is 9.59 Å². The Morgan fingerprint density at radius 3 is 2.71 bits per heavy atom. The second kappa shape index (κ2) is 9.27. The molecule has 8 heteroatoms. The van der Waals surface area contributed by atoms with E-state index < -0.39 is 0 Å². The highest BCUT2D eigenvalue weighted by Gasteiger charge is 2.15. The summed E-state index contributed by atoms with van der Waals surface area (Å²) in [6, 6.07) is 9.74. The smallest absolute Gasteiger partial charge is 0.271 e. The van der Waals surface area contributed by atoms with Crippen LogP contribution in [-0.4, -0.2) is 37.8 Å². The van der Waals surface area contributed by atoms with Gasteiger partial charge in [-0.25, -0.2) is 9.97 Å². The number of amides is 2. The number of thiazole rings is 1. The molecule has 28 heavy (non-hydrogen) atoms. The average Bonchev–Trinajstić information content (AvgIpc) is 3.33. The fourth-order valence-corrected chi connectivity index (χ4v) is 3.46. The number of hydrogen-bond acceptors (Lipinski definition) is 5. The van der Waals surface area contributed by atoms with Crippen molar-refractivity contribution in [1.82, 2.24) is 24.8 Å². The topological polar surface area (TPSA) is 80.1 Å². The Kier molecular flexibility index (Phi) is 6.54. The molecule has 0 aliphatic rings. The fourth-order valence-electron chi connectivity index (χ4n) is 2.70. The van der Waals surface area contributed by atoms with Crippen molar-refractivity contribution in [2.45, 2.75) is 26.4 Å². The number of aryl methyl sites for hydroxylation is 1. The van der Waals surface area contributed by atoms with Gasteiger partial charge in [0.1, 0.15) is 11.5 Å². The summed E-state index contributed by atoms with van der Waals surface area (Å²) < 4.78 is 1.90. The fraction of sp³-hybridized carbons (Fsp3) is 0.300. The Morgan fingerprint density at radius 2 is 2.04 bits per heavy atom. The van der Waals surface area contributed by atoms with Crippen LogP contribution in [0.4, 0.5) is 0 Å². The molecule has 0 saturated carbocycles. The van der Waals surface area contributed by atoms with Crippen LogP contribution in [0.15, 0.2) is 48.1 Å². The first-order chi connectivity index (χ1) is 13.5. The maximum absolute atomic E-state index is 12.3. The predicted octanol–water partition coefficient (Wildman–Crippen LogP) is 2.40. The Hall–Kier alpha value is -3.00. The van der Waals surface area contributed by atoms with Crippen LogP contribution in [0.5, 0.6) is 0 Å². The van der Waals surface area contributed by atoms with Crippen molar-refractivity contribution in [3.63, 3.8) is 0 Å². The lowest BCUT2D eigenvalue weighted by molar-refractivity contribution is -0.129. The van der Waals surface area contributed by atoms with E-state index >= 15 is 0 Å². The van der Waals surface area contributed by atoms with E-state index in [0.717, 1.165) is 16.4 Å². The molecule has 146 valence electrons. The molecular weight excluding hydrogens is 374 g/mol. The van der Waals surface area contributed by atoms with E-state index in [1.54, 1.807) is 23.4 Å². The van der Waals surface area contributed by atoms with Crippen LogP contribution in [0.1, 0.15) is 33.8 Å². The zero-order valence-corrected chi connectivity index (χ0v) is 16.8. The third-order valence-corrected chi connectivity index (χ3v) is 5.28. The molecule has 2 amide bonds. The number of nitrogens with zero attached hydrogens (tertiary/aromatic N) is 4. The SMILES string of the molecule is CC(=O)N(CCc1nc(C(=O)NCc2ccccc2)cs1)Cc1nccn1C. The van der Waals surface area contributed by atoms with Crippen molar-refractivity contribution in [3.8, 4) is 0 Å². The van der Waals surface area contributed by atoms with Gasteiger partial charge < -0.3 is 14.8 Å². The predicted molar refractivity (Wildman–Crippen MR) is 108 cm³/mol. The number of rotatable bonds is 8. The molecule has 0 bridgehead atoms. The van der Waals surface area contributed by atoms with Gasteiger partial charge in [0.15, 0.2) is 0 Å². The van der Waals surface area contributed by atoms with Crippen LogP contribution < -0.4 is 5.32 Å². The first kappa shape index (κ1) is 19.8. The summed E-state index contributed by atoms with van der Waals surface area (Å²) in [7, 11) is 1.90. The van der Waals surface area contributed by atoms with E-state index in [1.165, 1.54) is 11.3 Å². The molecule has 0 spiro atoms. The van der Waals surface area contributed by atoms with Gasteiger partial charge in [-0.3, -0.25) is 9.59 Å². The van der Waals surface area contributed by atoms with Gasteiger partial charge in [-0.2, -0.15) is 0 Å². The summed E-state index contributed by atoms with van der Waals surface area (Å²) in [5.41, 5.74) is 1.45. The lowest BCUT2D eigenvalue weighted by atomic mass is 10.2. The maximum Gasteiger partial charge on any atom is 0.271 e. The van der Waals surface area contributed by atoms with Crippen molar-refractivity contribution in [3.05, 3.63) is 70.2 Å². The van der Waals surface area contributed by atoms with Crippen molar-refractivity contribution >= 4 is 23.2 Å². The summed E-state index contributed by atoms with van der Waals surface area (Å²) >= 11 is 1.43. The summed E-state index contributed by atoms with van der Waals surface area (Å²) in [6.07, 6.45) is 4.17. The monoisotopic (exact) mass is 397 g/mol. The van der Waals surface area contributed by atoms with Gasteiger partial charge in [-0.05, 0) is 5.56 Å². The minimum atomic E-state index is -0.192. The van der Waals surface area contributed by atoms with Gasteiger partial charge in [0.25, 0.3) is 5.91 Å². The van der Waals surface area contributed by atoms with Gasteiger partial charge in [0, 0.05) is 51.3 Å². The number of carbonyl (C=O) groups is 2. The average molecular weight is 398 g/mol. The van der Waals surface area contributed by atoms with Crippen LogP contribution in [0, 0.1) is 0 Å². The molecule has 2 aromatic heterocycles. The van der Waals surface area contributed by atoms with Crippen LogP contribution in [0.2, 0.25) is 0 Å². The summed E-state index contributed by atoms with van der Waals surface area (Å²) in [6.45, 7) is 3.00. The third-order valence-electron chi connectivity index (χ3n) is 4.37. The van der Waals surface area contributed by atoms with Gasteiger partial charge >= 0.3 is 0 Å².